The van der Waals surface area contributed by atoms with Crippen LogP contribution in [0.15, 0.2) is 18.2 Å². The molecule has 0 unspecified atom stereocenters. The quantitative estimate of drug-likeness (QED) is 0.845. The molecule has 2 rings (SSSR count). The lowest BCUT2D eigenvalue weighted by molar-refractivity contribution is -0.139. The molecule has 1 aromatic carbocycles. The van der Waals surface area contributed by atoms with Gasteiger partial charge in [-0.2, -0.15) is 0 Å². The predicted molar refractivity (Wildman–Crippen MR) is 54.2 cm³/mol. The second-order valence-electron chi connectivity index (χ2n) is 3.93. The Morgan fingerprint density at radius 1 is 1.18 bits per heavy atom. The van der Waals surface area contributed by atoms with Gasteiger partial charge in [-0.25, -0.2) is 8.78 Å². The van der Waals surface area contributed by atoms with E-state index in [1.807, 2.05) is 0 Å². The molecule has 4 nitrogen and oxygen atoms in total. The van der Waals surface area contributed by atoms with E-state index in [0.717, 1.165) is 12.1 Å². The summed E-state index contributed by atoms with van der Waals surface area (Å²) in [6.07, 6.45) is 0.263. The first kappa shape index (κ1) is 11.5. The number of carbonyl (C=O) groups excluding carboxylic acids is 1. The van der Waals surface area contributed by atoms with Gasteiger partial charge in [-0.15, -0.1) is 0 Å². The number of carbonyl (C=O) groups is 2. The third-order valence-corrected chi connectivity index (χ3v) is 2.57. The molecule has 0 radical (unpaired) electrons. The zero-order valence-corrected chi connectivity index (χ0v) is 8.61. The molecule has 1 fully saturated rings. The van der Waals surface area contributed by atoms with E-state index < -0.39 is 35.3 Å². The lowest BCUT2D eigenvalue weighted by Gasteiger charge is -2.04. The zero-order valence-electron chi connectivity index (χ0n) is 8.61. The van der Waals surface area contributed by atoms with Gasteiger partial charge >= 0.3 is 5.97 Å². The van der Waals surface area contributed by atoms with Gasteiger partial charge in [0.1, 0.15) is 11.6 Å². The summed E-state index contributed by atoms with van der Waals surface area (Å²) >= 11 is 0. The van der Waals surface area contributed by atoms with E-state index in [0.29, 0.717) is 6.07 Å². The number of amides is 1. The molecule has 2 N–H and O–H groups in total. The van der Waals surface area contributed by atoms with Crippen LogP contribution in [-0.4, -0.2) is 17.0 Å². The van der Waals surface area contributed by atoms with E-state index in [4.69, 9.17) is 5.11 Å². The number of nitrogens with one attached hydrogen (secondary N) is 1. The van der Waals surface area contributed by atoms with Crippen LogP contribution in [0.1, 0.15) is 6.42 Å². The minimum absolute atomic E-state index is 0.0106. The van der Waals surface area contributed by atoms with Gasteiger partial charge in [0, 0.05) is 11.8 Å². The molecule has 1 saturated carbocycles. The monoisotopic (exact) mass is 241 g/mol. The molecule has 0 spiro atoms. The molecule has 0 aromatic heterocycles. The number of benzene rings is 1. The van der Waals surface area contributed by atoms with Gasteiger partial charge in [0.05, 0.1) is 11.8 Å². The van der Waals surface area contributed by atoms with Crippen LogP contribution < -0.4 is 5.32 Å². The Balaban J connectivity index is 2.02. The molecule has 0 saturated heterocycles. The first-order valence-electron chi connectivity index (χ1n) is 4.97. The van der Waals surface area contributed by atoms with Gasteiger partial charge in [-0.05, 0) is 18.6 Å². The Morgan fingerprint density at radius 2 is 1.76 bits per heavy atom. The van der Waals surface area contributed by atoms with Crippen LogP contribution in [-0.2, 0) is 9.59 Å². The van der Waals surface area contributed by atoms with E-state index >= 15 is 0 Å². The van der Waals surface area contributed by atoms with Crippen molar-refractivity contribution < 1.29 is 23.5 Å². The molecule has 2 atom stereocenters. The fourth-order valence-electron chi connectivity index (χ4n) is 1.62. The summed E-state index contributed by atoms with van der Waals surface area (Å²) in [5.74, 6) is -4.46. The van der Waals surface area contributed by atoms with Gasteiger partial charge < -0.3 is 10.4 Å². The molecule has 90 valence electrons. The van der Waals surface area contributed by atoms with Crippen molar-refractivity contribution in [3.8, 4) is 0 Å². The molecule has 17 heavy (non-hydrogen) atoms. The number of rotatable bonds is 3. The highest BCUT2D eigenvalue weighted by molar-refractivity contribution is 5.98. The number of carboxylic acid groups (broad SMARTS) is 1. The maximum atomic E-state index is 12.8. The third kappa shape index (κ3) is 2.58. The highest BCUT2D eigenvalue weighted by atomic mass is 19.1. The second kappa shape index (κ2) is 4.12. The number of carboxylic acids is 1. The second-order valence-corrected chi connectivity index (χ2v) is 3.93. The summed E-state index contributed by atoms with van der Waals surface area (Å²) in [6, 6.07) is 2.63. The van der Waals surface area contributed by atoms with E-state index in [2.05, 4.69) is 5.32 Å². The van der Waals surface area contributed by atoms with E-state index in [1.54, 1.807) is 0 Å². The van der Waals surface area contributed by atoms with Crippen molar-refractivity contribution in [3.63, 3.8) is 0 Å². The van der Waals surface area contributed by atoms with Gasteiger partial charge in [0.25, 0.3) is 0 Å². The molecule has 1 amide bonds. The summed E-state index contributed by atoms with van der Waals surface area (Å²) in [7, 11) is 0. The number of hydrogen-bond acceptors (Lipinski definition) is 2. The maximum absolute atomic E-state index is 12.8. The smallest absolute Gasteiger partial charge is 0.307 e. The summed E-state index contributed by atoms with van der Waals surface area (Å²) in [5, 5.41) is 10.9. The fraction of sp³-hybridized carbons (Fsp3) is 0.273. The Kier molecular flexibility index (Phi) is 2.79. The van der Waals surface area contributed by atoms with Gasteiger partial charge in [-0.1, -0.05) is 0 Å². The minimum atomic E-state index is -1.03. The van der Waals surface area contributed by atoms with Crippen molar-refractivity contribution in [1.82, 2.24) is 0 Å². The van der Waals surface area contributed by atoms with Crippen LogP contribution in [0.3, 0.4) is 0 Å². The van der Waals surface area contributed by atoms with Crippen molar-refractivity contribution in [2.45, 2.75) is 6.42 Å². The maximum Gasteiger partial charge on any atom is 0.307 e. The van der Waals surface area contributed by atoms with Crippen LogP contribution >= 0.6 is 0 Å². The Bertz CT molecular complexity index is 469. The van der Waals surface area contributed by atoms with Crippen molar-refractivity contribution in [2.75, 3.05) is 5.32 Å². The van der Waals surface area contributed by atoms with Crippen LogP contribution in [0.5, 0.6) is 0 Å². The van der Waals surface area contributed by atoms with Gasteiger partial charge in [-0.3, -0.25) is 9.59 Å². The first-order chi connectivity index (χ1) is 7.97. The molecule has 0 bridgehead atoms. The number of halogens is 2. The number of hydrogen-bond donors (Lipinski definition) is 2. The van der Waals surface area contributed by atoms with Crippen molar-refractivity contribution >= 4 is 17.6 Å². The number of aliphatic carboxylic acids is 1. The average Bonchev–Trinajstić information content (AvgIpc) is 2.94. The Morgan fingerprint density at radius 3 is 2.24 bits per heavy atom. The zero-order chi connectivity index (χ0) is 12.6. The van der Waals surface area contributed by atoms with Gasteiger partial charge in [0.15, 0.2) is 0 Å². The van der Waals surface area contributed by atoms with Crippen molar-refractivity contribution in [1.29, 1.82) is 0 Å². The molecule has 1 aliphatic carbocycles. The summed E-state index contributed by atoms with van der Waals surface area (Å²) < 4.78 is 25.6. The fourth-order valence-corrected chi connectivity index (χ4v) is 1.62. The SMILES string of the molecule is O=C(Nc1cc(F)cc(F)c1)[C@H]1C[C@H]1C(=O)O. The van der Waals surface area contributed by atoms with Gasteiger partial charge in [0.2, 0.25) is 5.91 Å². The molecule has 0 heterocycles. The highest BCUT2D eigenvalue weighted by Crippen LogP contribution is 2.39. The van der Waals surface area contributed by atoms with Crippen LogP contribution in [0.2, 0.25) is 0 Å². The standard InChI is InChI=1S/C11H9F2NO3/c12-5-1-6(13)3-7(2-5)14-10(15)8-4-9(8)11(16)17/h1-3,8-9H,4H2,(H,14,15)(H,16,17)/t8-,9+/m0/s1. The van der Waals surface area contributed by atoms with Crippen LogP contribution in [0.4, 0.5) is 14.5 Å². The summed E-state index contributed by atoms with van der Waals surface area (Å²) in [5.41, 5.74) is -0.0106. The van der Waals surface area contributed by atoms with E-state index in [-0.39, 0.29) is 12.1 Å². The Hall–Kier alpha value is -1.98. The van der Waals surface area contributed by atoms with Crippen LogP contribution in [0.25, 0.3) is 0 Å². The minimum Gasteiger partial charge on any atom is -0.481 e. The largest absolute Gasteiger partial charge is 0.481 e. The average molecular weight is 241 g/mol. The summed E-state index contributed by atoms with van der Waals surface area (Å²) in [6.45, 7) is 0. The molecule has 1 aromatic rings. The molecular weight excluding hydrogens is 232 g/mol. The highest BCUT2D eigenvalue weighted by Gasteiger charge is 2.48. The molecular formula is C11H9F2NO3. The number of anilines is 1. The third-order valence-electron chi connectivity index (χ3n) is 2.57. The van der Waals surface area contributed by atoms with Crippen LogP contribution in [0, 0.1) is 23.5 Å². The lowest BCUT2D eigenvalue weighted by atomic mass is 10.2. The topological polar surface area (TPSA) is 66.4 Å². The lowest BCUT2D eigenvalue weighted by Crippen LogP contribution is -2.17. The normalized spacial score (nSPS) is 22.0. The summed E-state index contributed by atoms with van der Waals surface area (Å²) in [4.78, 5) is 22.0. The first-order valence-corrected chi connectivity index (χ1v) is 4.97. The van der Waals surface area contributed by atoms with Crippen molar-refractivity contribution in [2.24, 2.45) is 11.8 Å². The van der Waals surface area contributed by atoms with E-state index in [1.165, 1.54) is 0 Å². The Labute approximate surface area is 95.2 Å². The van der Waals surface area contributed by atoms with Crippen molar-refractivity contribution in [3.05, 3.63) is 29.8 Å². The molecule has 6 heteroatoms. The molecule has 0 aliphatic heterocycles. The molecule has 1 aliphatic rings. The predicted octanol–water partition coefficient (Wildman–Crippen LogP) is 1.62. The van der Waals surface area contributed by atoms with E-state index in [9.17, 15) is 18.4 Å².